The van der Waals surface area contributed by atoms with Gasteiger partial charge in [-0.2, -0.15) is 0 Å². The number of hydrogen-bond acceptors (Lipinski definition) is 7. The smallest absolute Gasteiger partial charge is 0.289 e. The second-order valence-corrected chi connectivity index (χ2v) is 9.01. The summed E-state index contributed by atoms with van der Waals surface area (Å²) in [4.78, 5) is 50.2. The molecule has 37 heavy (non-hydrogen) atoms. The molecule has 0 aromatic heterocycles. The third kappa shape index (κ3) is 7.66. The van der Waals surface area contributed by atoms with E-state index in [2.05, 4.69) is 10.6 Å². The maximum Gasteiger partial charge on any atom is 0.289 e. The van der Waals surface area contributed by atoms with Crippen LogP contribution in [0.25, 0.3) is 0 Å². The predicted octanol–water partition coefficient (Wildman–Crippen LogP) is 3.81. The van der Waals surface area contributed by atoms with Gasteiger partial charge in [0, 0.05) is 5.69 Å². The van der Waals surface area contributed by atoms with E-state index in [1.54, 1.807) is 24.3 Å². The highest BCUT2D eigenvalue weighted by Gasteiger charge is 2.32. The van der Waals surface area contributed by atoms with E-state index in [1.807, 2.05) is 60.7 Å². The van der Waals surface area contributed by atoms with Gasteiger partial charge in [-0.15, -0.1) is 0 Å². The molecule has 0 spiro atoms. The van der Waals surface area contributed by atoms with Crippen LogP contribution in [0.15, 0.2) is 84.9 Å². The van der Waals surface area contributed by atoms with Crippen LogP contribution in [0.2, 0.25) is 0 Å². The summed E-state index contributed by atoms with van der Waals surface area (Å²) in [7, 11) is 0. The molecule has 4 amide bonds. The lowest BCUT2D eigenvalue weighted by molar-refractivity contribution is -0.132. The van der Waals surface area contributed by atoms with Crippen LogP contribution in [0.3, 0.4) is 0 Å². The van der Waals surface area contributed by atoms with E-state index in [-0.39, 0.29) is 19.0 Å². The fourth-order valence-electron chi connectivity index (χ4n) is 3.43. The first-order valence-electron chi connectivity index (χ1n) is 11.5. The molecule has 9 nitrogen and oxygen atoms in total. The Bertz CT molecular complexity index is 1220. The maximum atomic E-state index is 13.0. The van der Waals surface area contributed by atoms with Gasteiger partial charge in [-0.25, -0.2) is 0 Å². The second-order valence-electron chi connectivity index (χ2n) is 8.08. The molecule has 2 N–H and O–H groups in total. The Morgan fingerprint density at radius 2 is 1.54 bits per heavy atom. The third-order valence-corrected chi connectivity index (χ3v) is 6.15. The van der Waals surface area contributed by atoms with Crippen molar-refractivity contribution in [3.05, 3.63) is 90.5 Å². The van der Waals surface area contributed by atoms with E-state index >= 15 is 0 Å². The predicted molar refractivity (Wildman–Crippen MR) is 139 cm³/mol. The van der Waals surface area contributed by atoms with Crippen molar-refractivity contribution in [1.29, 1.82) is 0 Å². The molecular formula is C27H25N3O6S. The fraction of sp³-hybridized carbons (Fsp3) is 0.185. The Kier molecular flexibility index (Phi) is 8.90. The molecule has 0 bridgehead atoms. The van der Waals surface area contributed by atoms with Crippen molar-refractivity contribution >= 4 is 40.4 Å². The summed E-state index contributed by atoms with van der Waals surface area (Å²) in [5, 5.41) is 4.85. The van der Waals surface area contributed by atoms with Crippen LogP contribution in [0.1, 0.15) is 5.56 Å². The van der Waals surface area contributed by atoms with Gasteiger partial charge in [0.25, 0.3) is 5.24 Å². The molecule has 1 aliphatic rings. The zero-order valence-corrected chi connectivity index (χ0v) is 20.6. The monoisotopic (exact) mass is 519 g/mol. The number of nitrogens with one attached hydrogen (secondary N) is 2. The summed E-state index contributed by atoms with van der Waals surface area (Å²) in [6, 6.07) is 24.4. The molecule has 10 heteroatoms. The van der Waals surface area contributed by atoms with Crippen LogP contribution >= 0.6 is 11.8 Å². The van der Waals surface area contributed by atoms with Crippen molar-refractivity contribution in [2.45, 2.75) is 12.6 Å². The molecule has 1 unspecified atom stereocenters. The van der Waals surface area contributed by atoms with Crippen LogP contribution in [0.4, 0.5) is 10.5 Å². The minimum absolute atomic E-state index is 0.000195. The number of benzene rings is 3. The van der Waals surface area contributed by atoms with E-state index in [0.717, 1.165) is 22.2 Å². The molecule has 0 aliphatic carbocycles. The number of hydrogen-bond donors (Lipinski definition) is 2. The standard InChI is InChI=1S/C27H25N3O6S/c31-24(15-30-25(32)18-37-27(30)34)29-23(17-35-16-19-7-3-1-4-8-19)26(33)28-20-11-13-22(14-12-20)36-21-9-5-2-6-10-21/h1-14,23H,15-18H2,(H,28,33)(H,29,31). The lowest BCUT2D eigenvalue weighted by Crippen LogP contribution is -2.50. The molecule has 0 saturated carbocycles. The number of ether oxygens (including phenoxy) is 2. The second kappa shape index (κ2) is 12.7. The third-order valence-electron chi connectivity index (χ3n) is 5.29. The summed E-state index contributed by atoms with van der Waals surface area (Å²) >= 11 is 0.839. The summed E-state index contributed by atoms with van der Waals surface area (Å²) < 4.78 is 11.5. The summed E-state index contributed by atoms with van der Waals surface area (Å²) in [5.41, 5.74) is 1.40. The minimum atomic E-state index is -1.06. The van der Waals surface area contributed by atoms with Crippen molar-refractivity contribution < 1.29 is 28.7 Å². The first kappa shape index (κ1) is 25.9. The van der Waals surface area contributed by atoms with Gasteiger partial charge in [0.05, 0.1) is 19.0 Å². The first-order valence-corrected chi connectivity index (χ1v) is 12.5. The molecule has 190 valence electrons. The molecule has 1 fully saturated rings. The summed E-state index contributed by atoms with van der Waals surface area (Å²) in [5.74, 6) is -0.306. The number of imide groups is 1. The molecule has 1 aliphatic heterocycles. The molecule has 4 rings (SSSR count). The van der Waals surface area contributed by atoms with E-state index in [9.17, 15) is 19.2 Å². The zero-order valence-electron chi connectivity index (χ0n) is 19.8. The van der Waals surface area contributed by atoms with Crippen molar-refractivity contribution in [3.63, 3.8) is 0 Å². The van der Waals surface area contributed by atoms with E-state index in [1.165, 1.54) is 0 Å². The fourth-order valence-corrected chi connectivity index (χ4v) is 4.15. The summed E-state index contributed by atoms with van der Waals surface area (Å²) in [6.07, 6.45) is 0. The number of nitrogens with zero attached hydrogens (tertiary/aromatic N) is 1. The Labute approximate surface area is 218 Å². The number of thioether (sulfide) groups is 1. The van der Waals surface area contributed by atoms with Crippen LogP contribution in [-0.2, 0) is 25.7 Å². The lowest BCUT2D eigenvalue weighted by Gasteiger charge is -2.20. The van der Waals surface area contributed by atoms with Crippen LogP contribution < -0.4 is 15.4 Å². The molecule has 1 saturated heterocycles. The topological polar surface area (TPSA) is 114 Å². The number of amides is 4. The SMILES string of the molecule is O=C(CN1C(=O)CSC1=O)NC(COCc1ccccc1)C(=O)Nc1ccc(Oc2ccccc2)cc1. The molecular weight excluding hydrogens is 494 g/mol. The Morgan fingerprint density at radius 3 is 2.19 bits per heavy atom. The van der Waals surface area contributed by atoms with Crippen molar-refractivity contribution in [2.75, 3.05) is 24.2 Å². The molecule has 3 aromatic carbocycles. The zero-order chi connectivity index (χ0) is 26.0. The Morgan fingerprint density at radius 1 is 0.892 bits per heavy atom. The van der Waals surface area contributed by atoms with Crippen LogP contribution in [-0.4, -0.2) is 52.8 Å². The van der Waals surface area contributed by atoms with Crippen molar-refractivity contribution in [1.82, 2.24) is 10.2 Å². The number of carbonyl (C=O) groups is 4. The molecule has 1 heterocycles. The average Bonchev–Trinajstić information content (AvgIpc) is 3.22. The molecule has 1 atom stereocenters. The van der Waals surface area contributed by atoms with E-state index in [4.69, 9.17) is 9.47 Å². The van der Waals surface area contributed by atoms with E-state index < -0.39 is 35.5 Å². The van der Waals surface area contributed by atoms with Gasteiger partial charge in [-0.1, -0.05) is 60.3 Å². The Balaban J connectivity index is 1.37. The minimum Gasteiger partial charge on any atom is -0.457 e. The van der Waals surface area contributed by atoms with Gasteiger partial charge in [0.15, 0.2) is 0 Å². The average molecular weight is 520 g/mol. The van der Waals surface area contributed by atoms with Gasteiger partial charge >= 0.3 is 0 Å². The normalized spacial score (nSPS) is 13.8. The first-order chi connectivity index (χ1) is 18.0. The lowest BCUT2D eigenvalue weighted by atomic mass is 10.2. The number of rotatable bonds is 11. The maximum absolute atomic E-state index is 13.0. The van der Waals surface area contributed by atoms with Gasteiger partial charge in [-0.3, -0.25) is 24.1 Å². The summed E-state index contributed by atoms with van der Waals surface area (Å²) in [6.45, 7) is -0.331. The van der Waals surface area contributed by atoms with Gasteiger partial charge < -0.3 is 20.1 Å². The van der Waals surface area contributed by atoms with Crippen molar-refractivity contribution in [3.8, 4) is 11.5 Å². The Hall–Kier alpha value is -4.15. The quantitative estimate of drug-likeness (QED) is 0.396. The van der Waals surface area contributed by atoms with E-state index in [0.29, 0.717) is 17.2 Å². The van der Waals surface area contributed by atoms with Gasteiger partial charge in [-0.05, 0) is 42.0 Å². The van der Waals surface area contributed by atoms with Crippen LogP contribution in [0, 0.1) is 0 Å². The highest BCUT2D eigenvalue weighted by atomic mass is 32.2. The number of anilines is 1. The van der Waals surface area contributed by atoms with Crippen LogP contribution in [0.5, 0.6) is 11.5 Å². The number of carbonyl (C=O) groups excluding carboxylic acids is 4. The van der Waals surface area contributed by atoms with Crippen molar-refractivity contribution in [2.24, 2.45) is 0 Å². The molecule has 3 aromatic rings. The highest BCUT2D eigenvalue weighted by molar-refractivity contribution is 8.14. The molecule has 0 radical (unpaired) electrons. The van der Waals surface area contributed by atoms with Gasteiger partial charge in [0.1, 0.15) is 24.1 Å². The van der Waals surface area contributed by atoms with Gasteiger partial charge in [0.2, 0.25) is 17.7 Å². The largest absolute Gasteiger partial charge is 0.457 e. The number of para-hydroxylation sites is 1. The highest BCUT2D eigenvalue weighted by Crippen LogP contribution is 2.23.